The summed E-state index contributed by atoms with van der Waals surface area (Å²) < 4.78 is 0. The third-order valence-corrected chi connectivity index (χ3v) is 2.20. The monoisotopic (exact) mass is 192 g/mol. The topological polar surface area (TPSA) is 75.1 Å². The Bertz CT molecular complexity index is 324. The quantitative estimate of drug-likeness (QED) is 0.728. The van der Waals surface area contributed by atoms with E-state index in [1.165, 1.54) is 6.20 Å². The minimum absolute atomic E-state index is 0.238. The number of rotatable bonds is 4. The van der Waals surface area contributed by atoms with Gasteiger partial charge in [0.2, 0.25) is 0 Å². The summed E-state index contributed by atoms with van der Waals surface area (Å²) in [7, 11) is 0. The molecule has 1 aromatic rings. The lowest BCUT2D eigenvalue weighted by atomic mass is 10.2. The van der Waals surface area contributed by atoms with E-state index >= 15 is 0 Å². The number of aromatic nitrogens is 2. The first-order chi connectivity index (χ1) is 6.77. The van der Waals surface area contributed by atoms with E-state index in [0.29, 0.717) is 5.82 Å². The molecule has 1 unspecified atom stereocenters. The Morgan fingerprint density at radius 2 is 2.50 bits per heavy atom. The number of hydrogen-bond acceptors (Lipinski definition) is 4. The van der Waals surface area contributed by atoms with Crippen molar-refractivity contribution in [3.8, 4) is 0 Å². The Morgan fingerprint density at radius 1 is 1.71 bits per heavy atom. The summed E-state index contributed by atoms with van der Waals surface area (Å²) in [6, 6.07) is 1.10. The first kappa shape index (κ1) is 8.93. The summed E-state index contributed by atoms with van der Waals surface area (Å²) in [5.41, 5.74) is 0. The standard InChI is InChI=1S/C9H10N3O2/c13-9(14)8(6-1-2-6)12-7-3-4-10-5-11-7/h3-4,6,8H,1-2H2,(H,13,14)(H,10,11,12). The van der Waals surface area contributed by atoms with Crippen molar-refractivity contribution < 1.29 is 9.90 Å². The van der Waals surface area contributed by atoms with Crippen LogP contribution in [0.3, 0.4) is 0 Å². The van der Waals surface area contributed by atoms with Crippen molar-refractivity contribution in [3.63, 3.8) is 0 Å². The Labute approximate surface area is 81.2 Å². The summed E-state index contributed by atoms with van der Waals surface area (Å²) in [6.45, 7) is 0. The zero-order chi connectivity index (χ0) is 9.97. The lowest BCUT2D eigenvalue weighted by Crippen LogP contribution is -2.31. The van der Waals surface area contributed by atoms with Gasteiger partial charge in [-0.25, -0.2) is 14.8 Å². The molecule has 1 atom stereocenters. The highest BCUT2D eigenvalue weighted by atomic mass is 16.4. The third kappa shape index (κ3) is 1.99. The predicted octanol–water partition coefficient (Wildman–Crippen LogP) is 0.552. The molecule has 1 aliphatic carbocycles. The molecule has 73 valence electrons. The van der Waals surface area contributed by atoms with Crippen LogP contribution in [0.5, 0.6) is 0 Å². The Balaban J connectivity index is 2.04. The zero-order valence-corrected chi connectivity index (χ0v) is 7.47. The molecule has 0 spiro atoms. The largest absolute Gasteiger partial charge is 0.480 e. The fraction of sp³-hybridized carbons (Fsp3) is 0.444. The molecule has 1 heterocycles. The molecule has 5 nitrogen and oxygen atoms in total. The molecule has 1 radical (unpaired) electrons. The number of aliphatic carboxylic acids is 1. The average molecular weight is 192 g/mol. The van der Waals surface area contributed by atoms with Crippen molar-refractivity contribution in [1.82, 2.24) is 9.97 Å². The normalized spacial score (nSPS) is 17.4. The highest BCUT2D eigenvalue weighted by Gasteiger charge is 2.36. The molecule has 1 fully saturated rings. The summed E-state index contributed by atoms with van der Waals surface area (Å²) >= 11 is 0. The van der Waals surface area contributed by atoms with Gasteiger partial charge in [0, 0.05) is 6.20 Å². The maximum atomic E-state index is 10.9. The smallest absolute Gasteiger partial charge is 0.326 e. The SMILES string of the molecule is O=C(O)C(Nc1ccn[c]n1)C1CC1. The minimum atomic E-state index is -0.828. The summed E-state index contributed by atoms with van der Waals surface area (Å²) in [5, 5.41) is 11.8. The van der Waals surface area contributed by atoms with Crippen molar-refractivity contribution in [2.45, 2.75) is 18.9 Å². The summed E-state index contributed by atoms with van der Waals surface area (Å²) in [4.78, 5) is 18.3. The highest BCUT2D eigenvalue weighted by molar-refractivity contribution is 5.77. The summed E-state index contributed by atoms with van der Waals surface area (Å²) in [6.07, 6.45) is 5.88. The second-order valence-corrected chi connectivity index (χ2v) is 3.34. The fourth-order valence-electron chi connectivity index (χ4n) is 1.31. The van der Waals surface area contributed by atoms with E-state index in [-0.39, 0.29) is 5.92 Å². The molecule has 0 saturated heterocycles. The van der Waals surface area contributed by atoms with Gasteiger partial charge in [-0.1, -0.05) is 0 Å². The van der Waals surface area contributed by atoms with Crippen LogP contribution < -0.4 is 5.32 Å². The molecule has 2 rings (SSSR count). The molecular formula is C9H10N3O2. The lowest BCUT2D eigenvalue weighted by Gasteiger charge is -2.13. The molecule has 1 aromatic heterocycles. The van der Waals surface area contributed by atoms with Gasteiger partial charge in [0.25, 0.3) is 0 Å². The molecule has 0 amide bonds. The van der Waals surface area contributed by atoms with Gasteiger partial charge in [-0.3, -0.25) is 0 Å². The molecule has 0 aliphatic heterocycles. The minimum Gasteiger partial charge on any atom is -0.480 e. The molecule has 1 aliphatic rings. The van der Waals surface area contributed by atoms with Crippen LogP contribution >= 0.6 is 0 Å². The first-order valence-corrected chi connectivity index (χ1v) is 4.46. The second-order valence-electron chi connectivity index (χ2n) is 3.34. The summed E-state index contributed by atoms with van der Waals surface area (Å²) in [5.74, 6) is -0.0760. The molecule has 1 saturated carbocycles. The van der Waals surface area contributed by atoms with E-state index in [4.69, 9.17) is 5.11 Å². The maximum absolute atomic E-state index is 10.9. The third-order valence-electron chi connectivity index (χ3n) is 2.20. The van der Waals surface area contributed by atoms with Gasteiger partial charge >= 0.3 is 5.97 Å². The Hall–Kier alpha value is -1.65. The highest BCUT2D eigenvalue weighted by Crippen LogP contribution is 2.34. The van der Waals surface area contributed by atoms with E-state index in [9.17, 15) is 4.79 Å². The molecule has 14 heavy (non-hydrogen) atoms. The van der Waals surface area contributed by atoms with Gasteiger partial charge in [0.05, 0.1) is 0 Å². The van der Waals surface area contributed by atoms with Crippen LogP contribution in [0, 0.1) is 12.2 Å². The van der Waals surface area contributed by atoms with E-state index in [2.05, 4.69) is 21.6 Å². The lowest BCUT2D eigenvalue weighted by molar-refractivity contribution is -0.138. The predicted molar refractivity (Wildman–Crippen MR) is 48.6 cm³/mol. The van der Waals surface area contributed by atoms with Crippen molar-refractivity contribution in [3.05, 3.63) is 18.6 Å². The van der Waals surface area contributed by atoms with Crippen molar-refractivity contribution in [2.24, 2.45) is 5.92 Å². The van der Waals surface area contributed by atoms with E-state index in [0.717, 1.165) is 12.8 Å². The Kier molecular flexibility index (Phi) is 2.30. The van der Waals surface area contributed by atoms with Crippen LogP contribution in [-0.2, 0) is 4.79 Å². The van der Waals surface area contributed by atoms with Gasteiger partial charge in [-0.05, 0) is 24.8 Å². The van der Waals surface area contributed by atoms with Crippen LogP contribution in [0.1, 0.15) is 12.8 Å². The molecule has 2 N–H and O–H groups in total. The Morgan fingerprint density at radius 3 is 3.00 bits per heavy atom. The first-order valence-electron chi connectivity index (χ1n) is 4.46. The average Bonchev–Trinajstić information content (AvgIpc) is 2.99. The molecular weight excluding hydrogens is 182 g/mol. The van der Waals surface area contributed by atoms with E-state index < -0.39 is 12.0 Å². The van der Waals surface area contributed by atoms with Crippen molar-refractivity contribution >= 4 is 11.8 Å². The van der Waals surface area contributed by atoms with Crippen LogP contribution in [0.25, 0.3) is 0 Å². The van der Waals surface area contributed by atoms with Crippen LogP contribution in [0.15, 0.2) is 12.3 Å². The van der Waals surface area contributed by atoms with Crippen molar-refractivity contribution in [1.29, 1.82) is 0 Å². The number of carbonyl (C=O) groups is 1. The number of hydrogen-bond donors (Lipinski definition) is 2. The number of carboxylic acids is 1. The van der Waals surface area contributed by atoms with Gasteiger partial charge in [-0.2, -0.15) is 0 Å². The van der Waals surface area contributed by atoms with Gasteiger partial charge in [0.15, 0.2) is 6.33 Å². The van der Waals surface area contributed by atoms with E-state index in [1.54, 1.807) is 6.07 Å². The molecule has 0 aromatic carbocycles. The number of anilines is 1. The van der Waals surface area contributed by atoms with Gasteiger partial charge < -0.3 is 10.4 Å². The van der Waals surface area contributed by atoms with Crippen LogP contribution in [0.2, 0.25) is 0 Å². The number of carboxylic acid groups (broad SMARTS) is 1. The zero-order valence-electron chi connectivity index (χ0n) is 7.47. The van der Waals surface area contributed by atoms with Crippen LogP contribution in [-0.4, -0.2) is 27.1 Å². The van der Waals surface area contributed by atoms with Crippen LogP contribution in [0.4, 0.5) is 5.82 Å². The van der Waals surface area contributed by atoms with Gasteiger partial charge in [0.1, 0.15) is 11.9 Å². The van der Waals surface area contributed by atoms with Crippen molar-refractivity contribution in [2.75, 3.05) is 5.32 Å². The molecule has 5 heteroatoms. The second kappa shape index (κ2) is 3.61. The van der Waals surface area contributed by atoms with E-state index in [1.807, 2.05) is 0 Å². The number of nitrogens with one attached hydrogen (secondary N) is 1. The number of nitrogens with zero attached hydrogens (tertiary/aromatic N) is 2. The fourth-order valence-corrected chi connectivity index (χ4v) is 1.31. The molecule has 0 bridgehead atoms. The van der Waals surface area contributed by atoms with Gasteiger partial charge in [-0.15, -0.1) is 0 Å². The maximum Gasteiger partial charge on any atom is 0.326 e.